The fraction of sp³-hybridized carbons (Fsp3) is 0.800. The summed E-state index contributed by atoms with van der Waals surface area (Å²) in [5.41, 5.74) is 0. The fourth-order valence-electron chi connectivity index (χ4n) is 1.91. The largest absolute Gasteiger partial charge is 0.480 e. The summed E-state index contributed by atoms with van der Waals surface area (Å²) in [4.78, 5) is 23.6. The minimum absolute atomic E-state index is 0.142. The lowest BCUT2D eigenvalue weighted by atomic mass is 9.84. The Morgan fingerprint density at radius 3 is 2.29 bits per heavy atom. The quantitative estimate of drug-likeness (QED) is 0.684. The predicted molar refractivity (Wildman–Crippen MR) is 51.8 cm³/mol. The normalized spacial score (nSPS) is 32.8. The van der Waals surface area contributed by atoms with E-state index in [1.165, 1.54) is 11.8 Å². The van der Waals surface area contributed by atoms with Gasteiger partial charge in [0, 0.05) is 13.5 Å². The van der Waals surface area contributed by atoms with E-state index >= 15 is 0 Å². The molecule has 14 heavy (non-hydrogen) atoms. The Kier molecular flexibility index (Phi) is 3.13. The first-order valence-corrected chi connectivity index (χ1v) is 4.93. The van der Waals surface area contributed by atoms with Gasteiger partial charge < -0.3 is 10.0 Å². The molecule has 0 aromatic rings. The second kappa shape index (κ2) is 3.98. The maximum Gasteiger partial charge on any atom is 0.326 e. The standard InChI is InChI=1S/C10H17NO3/c1-6-4-9(10(13)14)11(8(3)12)5-7(6)2/h6-7,9H,4-5H2,1-3H3,(H,13,14). The van der Waals surface area contributed by atoms with Gasteiger partial charge in [-0.3, -0.25) is 4.79 Å². The van der Waals surface area contributed by atoms with E-state index in [0.717, 1.165) is 0 Å². The zero-order chi connectivity index (χ0) is 10.9. The Morgan fingerprint density at radius 1 is 1.29 bits per heavy atom. The summed E-state index contributed by atoms with van der Waals surface area (Å²) in [7, 11) is 0. The van der Waals surface area contributed by atoms with Crippen LogP contribution in [-0.2, 0) is 9.59 Å². The van der Waals surface area contributed by atoms with E-state index in [9.17, 15) is 9.59 Å². The number of aliphatic carboxylic acids is 1. The predicted octanol–water partition coefficient (Wildman–Crippen LogP) is 0.964. The lowest BCUT2D eigenvalue weighted by molar-refractivity contribution is -0.153. The average Bonchev–Trinajstić information content (AvgIpc) is 2.08. The third-order valence-corrected chi connectivity index (χ3v) is 3.12. The number of carbonyl (C=O) groups excluding carboxylic acids is 1. The van der Waals surface area contributed by atoms with Crippen molar-refractivity contribution in [3.8, 4) is 0 Å². The first kappa shape index (κ1) is 11.0. The molecule has 0 aliphatic carbocycles. The number of carboxylic acids is 1. The molecule has 3 unspecified atom stereocenters. The van der Waals surface area contributed by atoms with Gasteiger partial charge in [0.1, 0.15) is 6.04 Å². The summed E-state index contributed by atoms with van der Waals surface area (Å²) in [6, 6.07) is -0.626. The lowest BCUT2D eigenvalue weighted by Crippen LogP contribution is -2.51. The van der Waals surface area contributed by atoms with E-state index < -0.39 is 12.0 Å². The highest BCUT2D eigenvalue weighted by Gasteiger charge is 2.36. The van der Waals surface area contributed by atoms with E-state index in [2.05, 4.69) is 6.92 Å². The van der Waals surface area contributed by atoms with Gasteiger partial charge in [0.15, 0.2) is 0 Å². The molecule has 1 heterocycles. The Morgan fingerprint density at radius 2 is 1.86 bits per heavy atom. The Hall–Kier alpha value is -1.06. The molecular weight excluding hydrogens is 182 g/mol. The molecule has 4 nitrogen and oxygen atoms in total. The maximum atomic E-state index is 11.2. The van der Waals surface area contributed by atoms with Crippen LogP contribution < -0.4 is 0 Å². The topological polar surface area (TPSA) is 57.6 Å². The summed E-state index contributed by atoms with van der Waals surface area (Å²) in [6.45, 7) is 6.09. The van der Waals surface area contributed by atoms with Crippen molar-refractivity contribution in [3.05, 3.63) is 0 Å². The Balaban J connectivity index is 2.80. The highest BCUT2D eigenvalue weighted by Crippen LogP contribution is 2.27. The van der Waals surface area contributed by atoms with Crippen molar-refractivity contribution in [2.75, 3.05) is 6.54 Å². The highest BCUT2D eigenvalue weighted by molar-refractivity contribution is 5.82. The van der Waals surface area contributed by atoms with E-state index in [-0.39, 0.29) is 5.91 Å². The molecule has 0 aromatic carbocycles. The highest BCUT2D eigenvalue weighted by atomic mass is 16.4. The smallest absolute Gasteiger partial charge is 0.326 e. The first-order chi connectivity index (χ1) is 6.43. The summed E-state index contributed by atoms with van der Waals surface area (Å²) < 4.78 is 0. The molecule has 1 aliphatic heterocycles. The molecule has 80 valence electrons. The molecule has 0 saturated carbocycles. The molecule has 1 aliphatic rings. The van der Waals surface area contributed by atoms with Crippen LogP contribution in [0.4, 0.5) is 0 Å². The van der Waals surface area contributed by atoms with E-state index in [1.807, 2.05) is 6.92 Å². The van der Waals surface area contributed by atoms with Crippen LogP contribution >= 0.6 is 0 Å². The minimum Gasteiger partial charge on any atom is -0.480 e. The second-order valence-electron chi connectivity index (χ2n) is 4.22. The zero-order valence-electron chi connectivity index (χ0n) is 8.86. The summed E-state index contributed by atoms with van der Waals surface area (Å²) in [5, 5.41) is 8.97. The van der Waals surface area contributed by atoms with Gasteiger partial charge >= 0.3 is 5.97 Å². The van der Waals surface area contributed by atoms with Crippen LogP contribution in [0.3, 0.4) is 0 Å². The molecule has 0 radical (unpaired) electrons. The molecule has 1 fully saturated rings. The van der Waals surface area contributed by atoms with Gasteiger partial charge in [-0.15, -0.1) is 0 Å². The Labute approximate surface area is 83.9 Å². The fourth-order valence-corrected chi connectivity index (χ4v) is 1.91. The van der Waals surface area contributed by atoms with Crippen LogP contribution in [-0.4, -0.2) is 34.5 Å². The number of carboxylic acid groups (broad SMARTS) is 1. The maximum absolute atomic E-state index is 11.2. The third-order valence-electron chi connectivity index (χ3n) is 3.12. The number of carbonyl (C=O) groups is 2. The van der Waals surface area contributed by atoms with Crippen LogP contribution in [0.15, 0.2) is 0 Å². The molecule has 0 spiro atoms. The second-order valence-corrected chi connectivity index (χ2v) is 4.22. The van der Waals surface area contributed by atoms with Crippen molar-refractivity contribution in [1.82, 2.24) is 4.90 Å². The Bertz CT molecular complexity index is 226. The summed E-state index contributed by atoms with van der Waals surface area (Å²) in [5.74, 6) is -0.281. The number of rotatable bonds is 1. The molecule has 1 rings (SSSR count). The zero-order valence-corrected chi connectivity index (χ0v) is 8.86. The van der Waals surface area contributed by atoms with Gasteiger partial charge in [0.2, 0.25) is 5.91 Å². The number of piperidine rings is 1. The van der Waals surface area contributed by atoms with E-state index in [0.29, 0.717) is 24.8 Å². The van der Waals surface area contributed by atoms with Crippen LogP contribution in [0.1, 0.15) is 27.2 Å². The minimum atomic E-state index is -0.890. The van der Waals surface area contributed by atoms with Gasteiger partial charge in [-0.05, 0) is 18.3 Å². The van der Waals surface area contributed by atoms with E-state index in [1.54, 1.807) is 0 Å². The number of hydrogen-bond acceptors (Lipinski definition) is 2. The van der Waals surface area contributed by atoms with Crippen molar-refractivity contribution in [2.24, 2.45) is 11.8 Å². The first-order valence-electron chi connectivity index (χ1n) is 4.93. The SMILES string of the molecule is CC(=O)N1CC(C)C(C)CC1C(=O)O. The van der Waals surface area contributed by atoms with Crippen molar-refractivity contribution in [1.29, 1.82) is 0 Å². The van der Waals surface area contributed by atoms with Crippen molar-refractivity contribution < 1.29 is 14.7 Å². The summed E-state index contributed by atoms with van der Waals surface area (Å²) >= 11 is 0. The average molecular weight is 199 g/mol. The molecule has 4 heteroatoms. The molecule has 3 atom stereocenters. The molecule has 0 aromatic heterocycles. The molecule has 1 amide bonds. The third kappa shape index (κ3) is 2.05. The van der Waals surface area contributed by atoms with Crippen molar-refractivity contribution in [3.63, 3.8) is 0 Å². The summed E-state index contributed by atoms with van der Waals surface area (Å²) in [6.07, 6.45) is 0.566. The van der Waals surface area contributed by atoms with Gasteiger partial charge in [-0.2, -0.15) is 0 Å². The molecular formula is C10H17NO3. The van der Waals surface area contributed by atoms with Crippen LogP contribution in [0.5, 0.6) is 0 Å². The number of nitrogens with zero attached hydrogens (tertiary/aromatic N) is 1. The molecule has 1 N–H and O–H groups in total. The number of likely N-dealkylation sites (tertiary alicyclic amines) is 1. The van der Waals surface area contributed by atoms with E-state index in [4.69, 9.17) is 5.11 Å². The van der Waals surface area contributed by atoms with Crippen molar-refractivity contribution in [2.45, 2.75) is 33.2 Å². The van der Waals surface area contributed by atoms with Gasteiger partial charge in [-0.1, -0.05) is 13.8 Å². The number of amides is 1. The lowest BCUT2D eigenvalue weighted by Gasteiger charge is -2.39. The molecule has 0 bridgehead atoms. The number of hydrogen-bond donors (Lipinski definition) is 1. The van der Waals surface area contributed by atoms with Gasteiger partial charge in [0.05, 0.1) is 0 Å². The van der Waals surface area contributed by atoms with Crippen LogP contribution in [0.2, 0.25) is 0 Å². The van der Waals surface area contributed by atoms with Crippen molar-refractivity contribution >= 4 is 11.9 Å². The monoisotopic (exact) mass is 199 g/mol. The van der Waals surface area contributed by atoms with Crippen LogP contribution in [0.25, 0.3) is 0 Å². The molecule has 1 saturated heterocycles. The van der Waals surface area contributed by atoms with Gasteiger partial charge in [0.25, 0.3) is 0 Å². The van der Waals surface area contributed by atoms with Gasteiger partial charge in [-0.25, -0.2) is 4.79 Å². The van der Waals surface area contributed by atoms with Crippen LogP contribution in [0, 0.1) is 11.8 Å².